The van der Waals surface area contributed by atoms with Gasteiger partial charge in [-0.3, -0.25) is 4.90 Å². The number of nitrogens with zero attached hydrogens (tertiary/aromatic N) is 1. The van der Waals surface area contributed by atoms with Crippen LogP contribution in [0.5, 0.6) is 0 Å². The van der Waals surface area contributed by atoms with Crippen LogP contribution in [-0.4, -0.2) is 30.1 Å². The smallest absolute Gasteiger partial charge is 0.127 e. The quantitative estimate of drug-likeness (QED) is 0.916. The first-order valence-corrected chi connectivity index (χ1v) is 7.40. The fraction of sp³-hybridized carbons (Fsp3) is 0.600. The van der Waals surface area contributed by atoms with Gasteiger partial charge in [0.2, 0.25) is 0 Å². The molecule has 0 saturated carbocycles. The average Bonchev–Trinajstić information content (AvgIpc) is 2.72. The fourth-order valence-corrected chi connectivity index (χ4v) is 3.64. The van der Waals surface area contributed by atoms with Crippen LogP contribution in [0.4, 0.5) is 4.39 Å². The molecule has 0 aromatic heterocycles. The SMILES string of the molecule is CN(Cc1cc(Cl)ccc1F)C1CC2CCC(C1)N2. The molecular weight excluding hydrogens is 263 g/mol. The van der Waals surface area contributed by atoms with E-state index in [4.69, 9.17) is 11.6 Å². The second kappa shape index (κ2) is 5.39. The van der Waals surface area contributed by atoms with Crippen LogP contribution in [0.2, 0.25) is 5.02 Å². The van der Waals surface area contributed by atoms with E-state index in [0.717, 1.165) is 0 Å². The van der Waals surface area contributed by atoms with Crippen LogP contribution >= 0.6 is 11.6 Å². The van der Waals surface area contributed by atoms with Gasteiger partial charge in [0.15, 0.2) is 0 Å². The van der Waals surface area contributed by atoms with Gasteiger partial charge >= 0.3 is 0 Å². The van der Waals surface area contributed by atoms with Gasteiger partial charge in [0.05, 0.1) is 0 Å². The molecule has 2 saturated heterocycles. The van der Waals surface area contributed by atoms with E-state index in [9.17, 15) is 4.39 Å². The summed E-state index contributed by atoms with van der Waals surface area (Å²) in [6.45, 7) is 0.635. The number of benzene rings is 1. The maximum absolute atomic E-state index is 13.8. The second-order valence-electron chi connectivity index (χ2n) is 5.91. The highest BCUT2D eigenvalue weighted by molar-refractivity contribution is 6.30. The second-order valence-corrected chi connectivity index (χ2v) is 6.35. The first-order chi connectivity index (χ1) is 9.11. The first kappa shape index (κ1) is 13.3. The molecule has 2 heterocycles. The lowest BCUT2D eigenvalue weighted by atomic mass is 9.98. The van der Waals surface area contributed by atoms with Crippen LogP contribution in [0.25, 0.3) is 0 Å². The molecule has 0 radical (unpaired) electrons. The summed E-state index contributed by atoms with van der Waals surface area (Å²) in [5, 5.41) is 4.24. The van der Waals surface area contributed by atoms with E-state index in [0.29, 0.717) is 35.3 Å². The molecular formula is C15H20ClFN2. The fourth-order valence-electron chi connectivity index (χ4n) is 3.45. The van der Waals surface area contributed by atoms with Crippen LogP contribution < -0.4 is 5.32 Å². The van der Waals surface area contributed by atoms with Gasteiger partial charge in [0, 0.05) is 35.3 Å². The van der Waals surface area contributed by atoms with Gasteiger partial charge < -0.3 is 5.32 Å². The van der Waals surface area contributed by atoms with E-state index < -0.39 is 0 Å². The summed E-state index contributed by atoms with van der Waals surface area (Å²) >= 11 is 5.95. The van der Waals surface area contributed by atoms with Crippen molar-refractivity contribution in [2.45, 2.75) is 50.4 Å². The number of piperidine rings is 1. The van der Waals surface area contributed by atoms with Gasteiger partial charge in [-0.1, -0.05) is 11.6 Å². The highest BCUT2D eigenvalue weighted by Gasteiger charge is 2.35. The van der Waals surface area contributed by atoms with E-state index >= 15 is 0 Å². The third-order valence-electron chi connectivity index (χ3n) is 4.50. The summed E-state index contributed by atoms with van der Waals surface area (Å²) in [7, 11) is 2.09. The van der Waals surface area contributed by atoms with Crippen LogP contribution in [-0.2, 0) is 6.54 Å². The van der Waals surface area contributed by atoms with E-state index in [1.165, 1.54) is 31.7 Å². The molecule has 3 rings (SSSR count). The Morgan fingerprint density at radius 2 is 2.00 bits per heavy atom. The zero-order chi connectivity index (χ0) is 13.4. The van der Waals surface area contributed by atoms with Crippen molar-refractivity contribution in [2.24, 2.45) is 0 Å². The van der Waals surface area contributed by atoms with E-state index in [-0.39, 0.29) is 5.82 Å². The lowest BCUT2D eigenvalue weighted by molar-refractivity contribution is 0.164. The normalized spacial score (nSPS) is 30.0. The number of hydrogen-bond donors (Lipinski definition) is 1. The van der Waals surface area contributed by atoms with Crippen molar-refractivity contribution in [3.05, 3.63) is 34.6 Å². The van der Waals surface area contributed by atoms with Crippen LogP contribution in [0.15, 0.2) is 18.2 Å². The van der Waals surface area contributed by atoms with Gasteiger partial charge in [0.25, 0.3) is 0 Å². The maximum atomic E-state index is 13.8. The summed E-state index contributed by atoms with van der Waals surface area (Å²) in [4.78, 5) is 2.28. The molecule has 1 aromatic carbocycles. The Bertz CT molecular complexity index is 453. The Morgan fingerprint density at radius 3 is 2.68 bits per heavy atom. The van der Waals surface area contributed by atoms with E-state index in [2.05, 4.69) is 17.3 Å². The standard InChI is InChI=1S/C15H20ClFN2/c1-19(9-10-6-11(16)2-5-15(10)17)14-7-12-3-4-13(8-14)18-12/h2,5-6,12-14,18H,3-4,7-9H2,1H3. The predicted molar refractivity (Wildman–Crippen MR) is 75.8 cm³/mol. The number of rotatable bonds is 3. The van der Waals surface area contributed by atoms with Crippen LogP contribution in [0.1, 0.15) is 31.2 Å². The number of hydrogen-bond acceptors (Lipinski definition) is 2. The first-order valence-electron chi connectivity index (χ1n) is 7.02. The molecule has 0 amide bonds. The lowest BCUT2D eigenvalue weighted by Gasteiger charge is -2.35. The average molecular weight is 283 g/mol. The zero-order valence-corrected chi connectivity index (χ0v) is 12.0. The van der Waals surface area contributed by atoms with E-state index in [1.807, 2.05) is 0 Å². The molecule has 0 spiro atoms. The minimum absolute atomic E-state index is 0.159. The Morgan fingerprint density at radius 1 is 1.32 bits per heavy atom. The molecule has 2 atom stereocenters. The maximum Gasteiger partial charge on any atom is 0.127 e. The molecule has 1 aromatic rings. The summed E-state index contributed by atoms with van der Waals surface area (Å²) in [5.74, 6) is -0.159. The summed E-state index contributed by atoms with van der Waals surface area (Å²) in [6.07, 6.45) is 4.94. The zero-order valence-electron chi connectivity index (χ0n) is 11.2. The predicted octanol–water partition coefficient (Wildman–Crippen LogP) is 3.19. The van der Waals surface area contributed by atoms with Gasteiger partial charge in [0.1, 0.15) is 5.82 Å². The van der Waals surface area contributed by atoms with Crippen molar-refractivity contribution in [1.82, 2.24) is 10.2 Å². The third kappa shape index (κ3) is 2.93. The molecule has 0 aliphatic carbocycles. The Kier molecular flexibility index (Phi) is 3.79. The number of fused-ring (bicyclic) bond motifs is 2. The lowest BCUT2D eigenvalue weighted by Crippen LogP contribution is -2.46. The molecule has 2 aliphatic rings. The van der Waals surface area contributed by atoms with Crippen LogP contribution in [0.3, 0.4) is 0 Å². The van der Waals surface area contributed by atoms with Crippen LogP contribution in [0, 0.1) is 5.82 Å². The molecule has 1 N–H and O–H groups in total. The molecule has 4 heteroatoms. The van der Waals surface area contributed by atoms with Crippen molar-refractivity contribution in [1.29, 1.82) is 0 Å². The molecule has 2 fully saturated rings. The molecule has 19 heavy (non-hydrogen) atoms. The minimum atomic E-state index is -0.159. The van der Waals surface area contributed by atoms with Crippen molar-refractivity contribution < 1.29 is 4.39 Å². The Balaban J connectivity index is 1.67. The molecule has 104 valence electrons. The molecule has 2 unspecified atom stereocenters. The Labute approximate surface area is 118 Å². The van der Waals surface area contributed by atoms with Crippen molar-refractivity contribution in [2.75, 3.05) is 7.05 Å². The summed E-state index contributed by atoms with van der Waals surface area (Å²) < 4.78 is 13.8. The highest BCUT2D eigenvalue weighted by atomic mass is 35.5. The Hall–Kier alpha value is -0.640. The van der Waals surface area contributed by atoms with Crippen molar-refractivity contribution in [3.63, 3.8) is 0 Å². The third-order valence-corrected chi connectivity index (χ3v) is 4.73. The van der Waals surface area contributed by atoms with Gasteiger partial charge in [-0.25, -0.2) is 4.39 Å². The van der Waals surface area contributed by atoms with E-state index in [1.54, 1.807) is 12.1 Å². The molecule has 2 aliphatic heterocycles. The largest absolute Gasteiger partial charge is 0.311 e. The summed E-state index contributed by atoms with van der Waals surface area (Å²) in [5.41, 5.74) is 0.695. The van der Waals surface area contributed by atoms with Gasteiger partial charge in [-0.05, 0) is 50.9 Å². The monoisotopic (exact) mass is 282 g/mol. The molecule has 2 bridgehead atoms. The van der Waals surface area contributed by atoms with Crippen molar-refractivity contribution in [3.8, 4) is 0 Å². The molecule has 2 nitrogen and oxygen atoms in total. The van der Waals surface area contributed by atoms with Gasteiger partial charge in [-0.2, -0.15) is 0 Å². The number of nitrogens with one attached hydrogen (secondary N) is 1. The minimum Gasteiger partial charge on any atom is -0.311 e. The number of halogens is 2. The highest BCUT2D eigenvalue weighted by Crippen LogP contribution is 2.30. The summed E-state index contributed by atoms with van der Waals surface area (Å²) in [6, 6.07) is 6.68. The topological polar surface area (TPSA) is 15.3 Å². The van der Waals surface area contributed by atoms with Gasteiger partial charge in [-0.15, -0.1) is 0 Å². The van der Waals surface area contributed by atoms with Crippen molar-refractivity contribution >= 4 is 11.6 Å².